The highest BCUT2D eigenvalue weighted by molar-refractivity contribution is 6.01. The van der Waals surface area contributed by atoms with Crippen molar-refractivity contribution in [1.82, 2.24) is 9.80 Å². The number of likely N-dealkylation sites (N-methyl/N-ethyl adjacent to an activating group) is 1. The van der Waals surface area contributed by atoms with Gasteiger partial charge in [0.15, 0.2) is 0 Å². The smallest absolute Gasteiger partial charge is 0.255 e. The first-order chi connectivity index (χ1) is 8.68. The van der Waals surface area contributed by atoms with Crippen LogP contribution >= 0.6 is 0 Å². The van der Waals surface area contributed by atoms with Gasteiger partial charge in [0.25, 0.3) is 5.91 Å². The first-order valence-electron chi connectivity index (χ1n) is 6.32. The van der Waals surface area contributed by atoms with Crippen molar-refractivity contribution < 1.29 is 9.59 Å². The quantitative estimate of drug-likeness (QED) is 0.746. The zero-order chi connectivity index (χ0) is 12.7. The minimum absolute atomic E-state index is 0.000694. The Morgan fingerprint density at radius 2 is 2.00 bits per heavy atom. The number of hydrogen-bond donors (Lipinski definition) is 0. The third-order valence-electron chi connectivity index (χ3n) is 3.86. The van der Waals surface area contributed by atoms with Gasteiger partial charge in [-0.2, -0.15) is 0 Å². The highest BCUT2D eigenvalue weighted by Crippen LogP contribution is 2.27. The number of nitrogens with zero attached hydrogens (tertiary/aromatic N) is 2. The number of piperidine rings is 1. The second-order valence-electron chi connectivity index (χ2n) is 5.01. The van der Waals surface area contributed by atoms with Crippen LogP contribution in [0.3, 0.4) is 0 Å². The van der Waals surface area contributed by atoms with Gasteiger partial charge in [-0.1, -0.05) is 18.2 Å². The maximum atomic E-state index is 12.3. The van der Waals surface area contributed by atoms with Crippen molar-refractivity contribution in [3.63, 3.8) is 0 Å². The Kier molecular flexibility index (Phi) is 2.58. The molecule has 0 spiro atoms. The molecule has 0 aromatic heterocycles. The molecule has 1 fully saturated rings. The van der Waals surface area contributed by atoms with Crippen LogP contribution in [-0.2, 0) is 11.3 Å². The van der Waals surface area contributed by atoms with Crippen molar-refractivity contribution >= 4 is 11.8 Å². The van der Waals surface area contributed by atoms with E-state index < -0.39 is 0 Å². The zero-order valence-electron chi connectivity index (χ0n) is 10.4. The van der Waals surface area contributed by atoms with Gasteiger partial charge >= 0.3 is 0 Å². The number of hydrogen-bond acceptors (Lipinski definition) is 2. The number of benzene rings is 1. The van der Waals surface area contributed by atoms with Crippen LogP contribution in [0.15, 0.2) is 24.3 Å². The standard InChI is InChI=1S/C14H16N2O2/c1-15-8-4-7-12(14(15)18)16-9-10-5-2-3-6-11(10)13(16)17/h2-3,5-6,12H,4,7-9H2,1H3. The molecule has 2 amide bonds. The average Bonchev–Trinajstić information content (AvgIpc) is 2.71. The molecule has 3 rings (SSSR count). The lowest BCUT2D eigenvalue weighted by Gasteiger charge is -2.34. The topological polar surface area (TPSA) is 40.6 Å². The molecule has 0 radical (unpaired) electrons. The number of carbonyl (C=O) groups excluding carboxylic acids is 2. The summed E-state index contributed by atoms with van der Waals surface area (Å²) < 4.78 is 0. The van der Waals surface area contributed by atoms with E-state index in [4.69, 9.17) is 0 Å². The molecule has 2 aliphatic heterocycles. The van der Waals surface area contributed by atoms with E-state index in [1.165, 1.54) is 0 Å². The SMILES string of the molecule is CN1CCCC(N2Cc3ccccc3C2=O)C1=O. The van der Waals surface area contributed by atoms with E-state index >= 15 is 0 Å². The Hall–Kier alpha value is -1.84. The number of fused-ring (bicyclic) bond motifs is 1. The number of amides is 2. The molecular weight excluding hydrogens is 228 g/mol. The van der Waals surface area contributed by atoms with Crippen LogP contribution in [-0.4, -0.2) is 41.2 Å². The molecule has 1 unspecified atom stereocenters. The van der Waals surface area contributed by atoms with Crippen LogP contribution in [0.1, 0.15) is 28.8 Å². The van der Waals surface area contributed by atoms with Crippen LogP contribution in [0.25, 0.3) is 0 Å². The second-order valence-corrected chi connectivity index (χ2v) is 5.01. The van der Waals surface area contributed by atoms with E-state index in [9.17, 15) is 9.59 Å². The number of likely N-dealkylation sites (tertiary alicyclic amines) is 1. The molecule has 4 nitrogen and oxygen atoms in total. The van der Waals surface area contributed by atoms with Crippen molar-refractivity contribution in [3.8, 4) is 0 Å². The fourth-order valence-corrected chi connectivity index (χ4v) is 2.83. The molecule has 1 aromatic rings. The van der Waals surface area contributed by atoms with Crippen LogP contribution in [0.5, 0.6) is 0 Å². The first kappa shape index (κ1) is 11.3. The number of rotatable bonds is 1. The summed E-state index contributed by atoms with van der Waals surface area (Å²) in [7, 11) is 1.81. The van der Waals surface area contributed by atoms with Crippen molar-refractivity contribution in [3.05, 3.63) is 35.4 Å². The molecule has 18 heavy (non-hydrogen) atoms. The van der Waals surface area contributed by atoms with Crippen molar-refractivity contribution in [2.45, 2.75) is 25.4 Å². The van der Waals surface area contributed by atoms with Gasteiger partial charge in [0.05, 0.1) is 0 Å². The molecule has 0 saturated carbocycles. The van der Waals surface area contributed by atoms with E-state index in [-0.39, 0.29) is 17.9 Å². The zero-order valence-corrected chi connectivity index (χ0v) is 10.4. The van der Waals surface area contributed by atoms with Crippen molar-refractivity contribution in [2.75, 3.05) is 13.6 Å². The molecule has 1 atom stereocenters. The Balaban J connectivity index is 1.88. The normalized spacial score (nSPS) is 23.5. The Morgan fingerprint density at radius 1 is 1.22 bits per heavy atom. The third kappa shape index (κ3) is 1.60. The second kappa shape index (κ2) is 4.12. The largest absolute Gasteiger partial charge is 0.344 e. The lowest BCUT2D eigenvalue weighted by Crippen LogP contribution is -2.51. The van der Waals surface area contributed by atoms with Gasteiger partial charge in [0.1, 0.15) is 6.04 Å². The van der Waals surface area contributed by atoms with Crippen LogP contribution in [0, 0.1) is 0 Å². The Morgan fingerprint density at radius 3 is 2.78 bits per heavy atom. The average molecular weight is 244 g/mol. The molecule has 0 N–H and O–H groups in total. The monoisotopic (exact) mass is 244 g/mol. The predicted octanol–water partition coefficient (Wildman–Crippen LogP) is 1.26. The maximum absolute atomic E-state index is 12.3. The maximum Gasteiger partial charge on any atom is 0.255 e. The fraction of sp³-hybridized carbons (Fsp3) is 0.429. The van der Waals surface area contributed by atoms with Gasteiger partial charge in [-0.15, -0.1) is 0 Å². The molecular formula is C14H16N2O2. The van der Waals surface area contributed by atoms with Gasteiger partial charge < -0.3 is 9.80 Å². The van der Waals surface area contributed by atoms with Gasteiger partial charge in [-0.3, -0.25) is 9.59 Å². The predicted molar refractivity (Wildman–Crippen MR) is 67.0 cm³/mol. The first-order valence-corrected chi connectivity index (χ1v) is 6.32. The Bertz CT molecular complexity index is 512. The summed E-state index contributed by atoms with van der Waals surface area (Å²) in [5.74, 6) is 0.0710. The molecule has 0 aliphatic carbocycles. The summed E-state index contributed by atoms with van der Waals surface area (Å²) in [5, 5.41) is 0. The molecule has 4 heteroatoms. The molecule has 94 valence electrons. The van der Waals surface area contributed by atoms with Crippen LogP contribution in [0.2, 0.25) is 0 Å². The molecule has 2 aliphatic rings. The van der Waals surface area contributed by atoms with Crippen LogP contribution < -0.4 is 0 Å². The Labute approximate surface area is 106 Å². The summed E-state index contributed by atoms with van der Waals surface area (Å²) in [6.45, 7) is 1.36. The molecule has 2 heterocycles. The minimum Gasteiger partial charge on any atom is -0.344 e. The van der Waals surface area contributed by atoms with Crippen LogP contribution in [0.4, 0.5) is 0 Å². The van der Waals surface area contributed by atoms with E-state index in [1.807, 2.05) is 31.3 Å². The van der Waals surface area contributed by atoms with Gasteiger partial charge in [0, 0.05) is 25.7 Å². The van der Waals surface area contributed by atoms with E-state index in [0.717, 1.165) is 30.5 Å². The van der Waals surface area contributed by atoms with Gasteiger partial charge in [-0.25, -0.2) is 0 Å². The summed E-state index contributed by atoms with van der Waals surface area (Å²) in [6.07, 6.45) is 1.75. The summed E-state index contributed by atoms with van der Waals surface area (Å²) in [5.41, 5.74) is 1.78. The molecule has 1 saturated heterocycles. The molecule has 1 aromatic carbocycles. The van der Waals surface area contributed by atoms with Gasteiger partial charge in [-0.05, 0) is 24.5 Å². The molecule has 0 bridgehead atoms. The van der Waals surface area contributed by atoms with E-state index in [2.05, 4.69) is 0 Å². The minimum atomic E-state index is -0.274. The summed E-state index contributed by atoms with van der Waals surface area (Å²) >= 11 is 0. The van der Waals surface area contributed by atoms with Crippen molar-refractivity contribution in [1.29, 1.82) is 0 Å². The number of carbonyl (C=O) groups is 2. The fourth-order valence-electron chi connectivity index (χ4n) is 2.83. The van der Waals surface area contributed by atoms with Gasteiger partial charge in [0.2, 0.25) is 5.91 Å². The van der Waals surface area contributed by atoms with E-state index in [0.29, 0.717) is 6.54 Å². The summed E-state index contributed by atoms with van der Waals surface area (Å²) in [4.78, 5) is 27.9. The highest BCUT2D eigenvalue weighted by atomic mass is 16.2. The third-order valence-corrected chi connectivity index (χ3v) is 3.86. The lowest BCUT2D eigenvalue weighted by molar-refractivity contribution is -0.137. The highest BCUT2D eigenvalue weighted by Gasteiger charge is 2.38. The van der Waals surface area contributed by atoms with E-state index in [1.54, 1.807) is 9.80 Å². The van der Waals surface area contributed by atoms with Crippen molar-refractivity contribution in [2.24, 2.45) is 0 Å². The summed E-state index contributed by atoms with van der Waals surface area (Å²) in [6, 6.07) is 7.34. The lowest BCUT2D eigenvalue weighted by atomic mass is 10.0.